The van der Waals surface area contributed by atoms with Gasteiger partial charge < -0.3 is 0 Å². The first-order valence-electron chi connectivity index (χ1n) is 14.5. The maximum absolute atomic E-state index is 4.35. The number of pyridine rings is 6. The molecule has 0 unspecified atom stereocenters. The summed E-state index contributed by atoms with van der Waals surface area (Å²) >= 11 is 0. The number of unbranched alkanes of at least 4 members (excludes halogenated alkanes) is 2. The first-order valence-corrected chi connectivity index (χ1v) is 14.5. The molecule has 7 aromatic rings. The second kappa shape index (κ2) is 19.5. The third-order valence-electron chi connectivity index (χ3n) is 6.24. The summed E-state index contributed by atoms with van der Waals surface area (Å²) in [5.41, 5.74) is 5.61. The van der Waals surface area contributed by atoms with Crippen LogP contribution in [0.25, 0.3) is 44.6 Å². The van der Waals surface area contributed by atoms with Crippen LogP contribution in [-0.2, 0) is 19.5 Å². The second-order valence-corrected chi connectivity index (χ2v) is 9.43. The molecule has 6 nitrogen and oxygen atoms in total. The van der Waals surface area contributed by atoms with Crippen LogP contribution >= 0.6 is 0 Å². The monoisotopic (exact) mass is 666 g/mol. The van der Waals surface area contributed by atoms with Crippen molar-refractivity contribution in [2.24, 2.45) is 0 Å². The van der Waals surface area contributed by atoms with Crippen molar-refractivity contribution in [1.82, 2.24) is 29.9 Å². The minimum atomic E-state index is 0. The Morgan fingerprint density at radius 2 is 0.682 bits per heavy atom. The van der Waals surface area contributed by atoms with Gasteiger partial charge in [0.15, 0.2) is 0 Å². The minimum Gasteiger partial charge on any atom is -0.255 e. The maximum atomic E-state index is 4.35. The van der Waals surface area contributed by atoms with E-state index < -0.39 is 0 Å². The average molecular weight is 666 g/mol. The fourth-order valence-electron chi connectivity index (χ4n) is 4.09. The molecule has 0 fully saturated rings. The summed E-state index contributed by atoms with van der Waals surface area (Å²) in [5, 5.41) is 2.28. The maximum Gasteiger partial charge on any atom is 0.0964 e. The number of nitrogens with zero attached hydrogens (tertiary/aromatic N) is 6. The van der Waals surface area contributed by atoms with E-state index in [4.69, 9.17) is 0 Å². The van der Waals surface area contributed by atoms with E-state index in [1.807, 2.05) is 84.9 Å². The molecule has 6 aromatic heterocycles. The summed E-state index contributed by atoms with van der Waals surface area (Å²) in [6.45, 7) is 4.42. The number of hydrogen-bond acceptors (Lipinski definition) is 6. The molecule has 0 bridgehead atoms. The molecular formula is C37H36N6Ru. The van der Waals surface area contributed by atoms with E-state index in [0.717, 1.165) is 44.6 Å². The topological polar surface area (TPSA) is 77.3 Å². The fraction of sp³-hybridized carbons (Fsp3) is 0.135. The Labute approximate surface area is 272 Å². The van der Waals surface area contributed by atoms with E-state index in [9.17, 15) is 0 Å². The van der Waals surface area contributed by atoms with Gasteiger partial charge in [0.05, 0.1) is 33.8 Å². The standard InChI is InChI=1S/C12H8N2.2C10H8N2.C5H12.Ru/c1-3-9-5-6-10-4-2-8-14-12(10)11(9)13-7-1;2*1-3-7-11-9(5-1)10-6-2-4-8-12-10;1-3-5-4-2;/h1-8H;2*1-8H;3-5H2,1-2H3;. The summed E-state index contributed by atoms with van der Waals surface area (Å²) < 4.78 is 0. The predicted molar refractivity (Wildman–Crippen MR) is 177 cm³/mol. The quantitative estimate of drug-likeness (QED) is 0.138. The van der Waals surface area contributed by atoms with Gasteiger partial charge in [0.25, 0.3) is 0 Å². The molecule has 7 heteroatoms. The smallest absolute Gasteiger partial charge is 0.0964 e. The molecule has 0 saturated carbocycles. The van der Waals surface area contributed by atoms with E-state index in [-0.39, 0.29) is 19.5 Å². The second-order valence-electron chi connectivity index (χ2n) is 9.43. The van der Waals surface area contributed by atoms with E-state index >= 15 is 0 Å². The molecular weight excluding hydrogens is 630 g/mol. The molecule has 0 atom stereocenters. The van der Waals surface area contributed by atoms with Crippen molar-refractivity contribution < 1.29 is 19.5 Å². The SMILES string of the molecule is CCCCC.[Ru].c1ccc(-c2ccccn2)nc1.c1ccc(-c2ccccn2)nc1.c1cnc2c(c1)ccc1cccnc12. The van der Waals surface area contributed by atoms with Crippen LogP contribution in [0, 0.1) is 0 Å². The van der Waals surface area contributed by atoms with Crippen molar-refractivity contribution in [3.05, 3.63) is 146 Å². The molecule has 0 saturated heterocycles. The van der Waals surface area contributed by atoms with E-state index in [1.54, 1.807) is 37.2 Å². The van der Waals surface area contributed by atoms with E-state index in [1.165, 1.54) is 19.3 Å². The van der Waals surface area contributed by atoms with Crippen molar-refractivity contribution in [2.75, 3.05) is 0 Å². The van der Waals surface area contributed by atoms with Crippen LogP contribution in [0.4, 0.5) is 0 Å². The molecule has 0 amide bonds. The van der Waals surface area contributed by atoms with Gasteiger partial charge in [-0.3, -0.25) is 29.9 Å². The number of benzene rings is 1. The summed E-state index contributed by atoms with van der Waals surface area (Å²) in [5.74, 6) is 0. The summed E-state index contributed by atoms with van der Waals surface area (Å²) in [4.78, 5) is 25.4. The van der Waals surface area contributed by atoms with Gasteiger partial charge >= 0.3 is 0 Å². The molecule has 222 valence electrons. The largest absolute Gasteiger partial charge is 0.255 e. The molecule has 0 radical (unpaired) electrons. The van der Waals surface area contributed by atoms with Crippen LogP contribution in [0.3, 0.4) is 0 Å². The Bertz CT molecular complexity index is 1550. The molecule has 0 aliphatic rings. The first-order chi connectivity index (χ1) is 21.3. The van der Waals surface area contributed by atoms with Crippen molar-refractivity contribution in [2.45, 2.75) is 33.1 Å². The Hall–Kier alpha value is -4.74. The summed E-state index contributed by atoms with van der Waals surface area (Å²) in [6, 6.07) is 35.3. The van der Waals surface area contributed by atoms with Crippen LogP contribution in [0.2, 0.25) is 0 Å². The van der Waals surface area contributed by atoms with Crippen molar-refractivity contribution in [3.8, 4) is 22.8 Å². The predicted octanol–water partition coefficient (Wildman–Crippen LogP) is 9.26. The molecule has 44 heavy (non-hydrogen) atoms. The zero-order valence-corrected chi connectivity index (χ0v) is 26.8. The third-order valence-corrected chi connectivity index (χ3v) is 6.24. The normalized spacial score (nSPS) is 9.68. The molecule has 0 N–H and O–H groups in total. The van der Waals surface area contributed by atoms with Gasteiger partial charge in [-0.25, -0.2) is 0 Å². The molecule has 0 aliphatic carbocycles. The van der Waals surface area contributed by atoms with Crippen molar-refractivity contribution in [1.29, 1.82) is 0 Å². The van der Waals surface area contributed by atoms with Gasteiger partial charge in [0.2, 0.25) is 0 Å². The third kappa shape index (κ3) is 10.5. The number of aromatic nitrogens is 6. The van der Waals surface area contributed by atoms with Crippen LogP contribution < -0.4 is 0 Å². The van der Waals surface area contributed by atoms with Crippen molar-refractivity contribution >= 4 is 21.8 Å². The molecule has 6 heterocycles. The van der Waals surface area contributed by atoms with Crippen LogP contribution in [0.15, 0.2) is 146 Å². The molecule has 1 aromatic carbocycles. The zero-order valence-electron chi connectivity index (χ0n) is 25.0. The fourth-order valence-corrected chi connectivity index (χ4v) is 4.09. The molecule has 7 rings (SSSR count). The van der Waals surface area contributed by atoms with Gasteiger partial charge in [0, 0.05) is 67.4 Å². The zero-order chi connectivity index (χ0) is 30.0. The van der Waals surface area contributed by atoms with E-state index in [0.29, 0.717) is 0 Å². The Morgan fingerprint density at radius 3 is 0.932 bits per heavy atom. The molecule has 0 aliphatic heterocycles. The molecule has 0 spiro atoms. The Kier molecular flexibility index (Phi) is 14.9. The minimum absolute atomic E-state index is 0. The van der Waals surface area contributed by atoms with Crippen LogP contribution in [0.1, 0.15) is 33.1 Å². The van der Waals surface area contributed by atoms with Crippen LogP contribution in [-0.4, -0.2) is 29.9 Å². The number of rotatable bonds is 4. The Morgan fingerprint density at radius 1 is 0.364 bits per heavy atom. The van der Waals surface area contributed by atoms with Gasteiger partial charge in [-0.05, 0) is 60.7 Å². The average Bonchev–Trinajstić information content (AvgIpc) is 3.11. The first kappa shape index (κ1) is 33.8. The van der Waals surface area contributed by atoms with Crippen molar-refractivity contribution in [3.63, 3.8) is 0 Å². The van der Waals surface area contributed by atoms with Gasteiger partial charge in [-0.15, -0.1) is 0 Å². The summed E-state index contributed by atoms with van der Waals surface area (Å²) in [7, 11) is 0. The van der Waals surface area contributed by atoms with Crippen LogP contribution in [0.5, 0.6) is 0 Å². The number of hydrogen-bond donors (Lipinski definition) is 0. The van der Waals surface area contributed by atoms with Gasteiger partial charge in [-0.2, -0.15) is 0 Å². The van der Waals surface area contributed by atoms with E-state index in [2.05, 4.69) is 68.0 Å². The summed E-state index contributed by atoms with van der Waals surface area (Å²) in [6.07, 6.45) is 14.8. The van der Waals surface area contributed by atoms with Gasteiger partial charge in [0.1, 0.15) is 0 Å². The Balaban J connectivity index is 0.000000167. The van der Waals surface area contributed by atoms with Gasteiger partial charge in [-0.1, -0.05) is 81.6 Å². The number of fused-ring (bicyclic) bond motifs is 3.